The van der Waals surface area contributed by atoms with Gasteiger partial charge in [0.25, 0.3) is 5.91 Å². The predicted octanol–water partition coefficient (Wildman–Crippen LogP) is 0.795. The average molecular weight is 330 g/mol. The molecule has 24 heavy (non-hydrogen) atoms. The van der Waals surface area contributed by atoms with Crippen LogP contribution in [0.15, 0.2) is 35.3 Å². The molecule has 8 nitrogen and oxygen atoms in total. The minimum absolute atomic E-state index is 0. The van der Waals surface area contributed by atoms with Gasteiger partial charge in [-0.2, -0.15) is 4.98 Å². The van der Waals surface area contributed by atoms with Gasteiger partial charge >= 0.3 is 6.01 Å². The molecule has 1 saturated heterocycles. The van der Waals surface area contributed by atoms with Crippen molar-refractivity contribution in [3.63, 3.8) is 0 Å². The maximum absolute atomic E-state index is 12.3. The number of hydrogen-bond donors (Lipinski definition) is 1. The minimum Gasteiger partial charge on any atom is -0.423 e. The van der Waals surface area contributed by atoms with E-state index in [-0.39, 0.29) is 38.3 Å². The molecule has 0 atom stereocenters. The lowest BCUT2D eigenvalue weighted by molar-refractivity contribution is -0.133. The Morgan fingerprint density at radius 3 is 2.88 bits per heavy atom. The van der Waals surface area contributed by atoms with Gasteiger partial charge in [0.2, 0.25) is 11.8 Å². The molecule has 1 aromatic heterocycles. The van der Waals surface area contributed by atoms with Crippen LogP contribution in [-0.2, 0) is 9.59 Å². The van der Waals surface area contributed by atoms with Crippen molar-refractivity contribution in [2.45, 2.75) is 0 Å². The number of hydrogen-bond acceptors (Lipinski definition) is 5. The molecular formula is C16H18N4O4. The summed E-state index contributed by atoms with van der Waals surface area (Å²) in [7, 11) is 1.54. The standard InChI is InChI=1S/C16H16N4O4.H2/c1-3-13(21)19-6-7-20(14(22)9-19)16-18-11-5-4-10(15(23)17-2)8-12(11)24-16;/h3-5,8H,1,6-7,9H2,2H3,(H,17,23);1H. The smallest absolute Gasteiger partial charge is 0.305 e. The van der Waals surface area contributed by atoms with Crippen molar-refractivity contribution in [3.05, 3.63) is 36.4 Å². The van der Waals surface area contributed by atoms with Crippen LogP contribution in [0.1, 0.15) is 11.8 Å². The number of aromatic nitrogens is 1. The van der Waals surface area contributed by atoms with Gasteiger partial charge in [0, 0.05) is 27.1 Å². The molecular weight excluding hydrogens is 312 g/mol. The molecule has 3 rings (SSSR count). The summed E-state index contributed by atoms with van der Waals surface area (Å²) in [6.45, 7) is 4.03. The maximum Gasteiger partial charge on any atom is 0.305 e. The summed E-state index contributed by atoms with van der Waals surface area (Å²) in [5, 5.41) is 2.53. The zero-order chi connectivity index (χ0) is 17.3. The maximum atomic E-state index is 12.3. The molecule has 0 radical (unpaired) electrons. The van der Waals surface area contributed by atoms with E-state index in [0.717, 1.165) is 0 Å². The normalized spacial score (nSPS) is 14.8. The van der Waals surface area contributed by atoms with E-state index in [1.807, 2.05) is 0 Å². The van der Waals surface area contributed by atoms with Gasteiger partial charge in [0.05, 0.1) is 0 Å². The van der Waals surface area contributed by atoms with Crippen LogP contribution < -0.4 is 10.2 Å². The van der Waals surface area contributed by atoms with Crippen molar-refractivity contribution in [2.75, 3.05) is 31.6 Å². The first-order valence-corrected chi connectivity index (χ1v) is 7.38. The summed E-state index contributed by atoms with van der Waals surface area (Å²) in [4.78, 5) is 42.6. The van der Waals surface area contributed by atoms with Gasteiger partial charge in [-0.05, 0) is 24.3 Å². The number of nitrogens with zero attached hydrogens (tertiary/aromatic N) is 3. The largest absolute Gasteiger partial charge is 0.423 e. The quantitative estimate of drug-likeness (QED) is 0.840. The second-order valence-corrected chi connectivity index (χ2v) is 5.27. The molecule has 1 aliphatic rings. The van der Waals surface area contributed by atoms with Crippen LogP contribution in [-0.4, -0.2) is 54.3 Å². The molecule has 1 aliphatic heterocycles. The van der Waals surface area contributed by atoms with E-state index < -0.39 is 0 Å². The Labute approximate surface area is 139 Å². The van der Waals surface area contributed by atoms with Crippen molar-refractivity contribution in [2.24, 2.45) is 0 Å². The molecule has 2 aromatic rings. The van der Waals surface area contributed by atoms with Gasteiger partial charge < -0.3 is 14.6 Å². The van der Waals surface area contributed by atoms with E-state index in [1.54, 1.807) is 25.2 Å². The highest BCUT2D eigenvalue weighted by atomic mass is 16.4. The lowest BCUT2D eigenvalue weighted by Gasteiger charge is -2.31. The molecule has 0 unspecified atom stereocenters. The number of nitrogens with one attached hydrogen (secondary N) is 1. The number of oxazole rings is 1. The molecule has 0 saturated carbocycles. The summed E-state index contributed by atoms with van der Waals surface area (Å²) in [5.74, 6) is -0.798. The van der Waals surface area contributed by atoms with Gasteiger partial charge in [-0.1, -0.05) is 6.58 Å². The number of fused-ring (bicyclic) bond motifs is 1. The monoisotopic (exact) mass is 330 g/mol. The van der Waals surface area contributed by atoms with Crippen molar-refractivity contribution in [1.82, 2.24) is 15.2 Å². The van der Waals surface area contributed by atoms with Crippen LogP contribution in [0.4, 0.5) is 6.01 Å². The molecule has 0 spiro atoms. The van der Waals surface area contributed by atoms with Crippen molar-refractivity contribution >= 4 is 34.8 Å². The van der Waals surface area contributed by atoms with Crippen LogP contribution in [0.5, 0.6) is 0 Å². The number of anilines is 1. The Morgan fingerprint density at radius 1 is 1.42 bits per heavy atom. The van der Waals surface area contributed by atoms with Gasteiger partial charge in [-0.25, -0.2) is 0 Å². The summed E-state index contributed by atoms with van der Waals surface area (Å²) in [6.07, 6.45) is 1.18. The summed E-state index contributed by atoms with van der Waals surface area (Å²) in [5.41, 5.74) is 1.42. The summed E-state index contributed by atoms with van der Waals surface area (Å²) >= 11 is 0. The van der Waals surface area contributed by atoms with E-state index in [2.05, 4.69) is 16.9 Å². The molecule has 0 bridgehead atoms. The van der Waals surface area contributed by atoms with Crippen molar-refractivity contribution < 1.29 is 20.2 Å². The van der Waals surface area contributed by atoms with Gasteiger partial charge in [-0.15, -0.1) is 0 Å². The lowest BCUT2D eigenvalue weighted by Crippen LogP contribution is -2.52. The van der Waals surface area contributed by atoms with Crippen LogP contribution in [0, 0.1) is 0 Å². The Balaban J connectivity index is 0.00000225. The highest BCUT2D eigenvalue weighted by Crippen LogP contribution is 2.24. The molecule has 2 heterocycles. The molecule has 126 valence electrons. The third-order valence-electron chi connectivity index (χ3n) is 3.80. The third-order valence-corrected chi connectivity index (χ3v) is 3.80. The summed E-state index contributed by atoms with van der Waals surface area (Å²) in [6, 6.07) is 5.03. The van der Waals surface area contributed by atoms with E-state index in [9.17, 15) is 14.4 Å². The number of benzene rings is 1. The second-order valence-electron chi connectivity index (χ2n) is 5.27. The third kappa shape index (κ3) is 2.73. The van der Waals surface area contributed by atoms with E-state index in [4.69, 9.17) is 4.42 Å². The van der Waals surface area contributed by atoms with Crippen LogP contribution in [0.25, 0.3) is 11.1 Å². The Hall–Kier alpha value is -3.16. The zero-order valence-electron chi connectivity index (χ0n) is 13.1. The molecule has 0 aliphatic carbocycles. The first-order chi connectivity index (χ1) is 11.5. The zero-order valence-corrected chi connectivity index (χ0v) is 13.1. The van der Waals surface area contributed by atoms with E-state index in [1.165, 1.54) is 15.9 Å². The number of amides is 3. The topological polar surface area (TPSA) is 95.8 Å². The predicted molar refractivity (Wildman–Crippen MR) is 88.6 cm³/mol. The number of carbonyl (C=O) groups excluding carboxylic acids is 3. The van der Waals surface area contributed by atoms with Crippen LogP contribution >= 0.6 is 0 Å². The fourth-order valence-electron chi connectivity index (χ4n) is 2.51. The number of piperazine rings is 1. The molecule has 3 amide bonds. The Bertz CT molecular complexity index is 848. The molecule has 1 fully saturated rings. The van der Waals surface area contributed by atoms with E-state index in [0.29, 0.717) is 23.2 Å². The first-order valence-electron chi connectivity index (χ1n) is 7.38. The first kappa shape index (κ1) is 15.7. The number of rotatable bonds is 3. The highest BCUT2D eigenvalue weighted by molar-refractivity contribution is 6.00. The molecule has 1 N–H and O–H groups in total. The van der Waals surface area contributed by atoms with Gasteiger partial charge in [0.15, 0.2) is 5.58 Å². The second kappa shape index (κ2) is 6.15. The molecule has 1 aromatic carbocycles. The van der Waals surface area contributed by atoms with Gasteiger partial charge in [0.1, 0.15) is 12.1 Å². The average Bonchev–Trinajstić information content (AvgIpc) is 3.02. The summed E-state index contributed by atoms with van der Waals surface area (Å²) < 4.78 is 5.63. The Kier molecular flexibility index (Phi) is 4.03. The lowest BCUT2D eigenvalue weighted by atomic mass is 10.2. The van der Waals surface area contributed by atoms with Crippen molar-refractivity contribution in [3.8, 4) is 0 Å². The highest BCUT2D eigenvalue weighted by Gasteiger charge is 2.30. The fourth-order valence-corrected chi connectivity index (χ4v) is 2.51. The minimum atomic E-state index is -0.283. The molecule has 8 heteroatoms. The van der Waals surface area contributed by atoms with Crippen LogP contribution in [0.3, 0.4) is 0 Å². The number of carbonyl (C=O) groups is 3. The fraction of sp³-hybridized carbons (Fsp3) is 0.250. The van der Waals surface area contributed by atoms with E-state index >= 15 is 0 Å². The van der Waals surface area contributed by atoms with Crippen molar-refractivity contribution in [1.29, 1.82) is 0 Å². The SMILES string of the molecule is C=CC(=O)N1CCN(c2nc3ccc(C(=O)NC)cc3o2)C(=O)C1.[HH]. The van der Waals surface area contributed by atoms with Crippen LogP contribution in [0.2, 0.25) is 0 Å². The van der Waals surface area contributed by atoms with Gasteiger partial charge in [-0.3, -0.25) is 19.3 Å². The Morgan fingerprint density at radius 2 is 2.21 bits per heavy atom.